The van der Waals surface area contributed by atoms with Crippen molar-refractivity contribution in [2.24, 2.45) is 0 Å². The molecule has 0 unspecified atom stereocenters. The number of hydrogen-bond donors (Lipinski definition) is 1. The van der Waals surface area contributed by atoms with Gasteiger partial charge >= 0.3 is 0 Å². The Kier molecular flexibility index (Phi) is 7.05. The lowest BCUT2D eigenvalue weighted by atomic mass is 10.0. The minimum absolute atomic E-state index is 0.127. The van der Waals surface area contributed by atoms with Gasteiger partial charge in [0.25, 0.3) is 0 Å². The molecule has 0 saturated carbocycles. The van der Waals surface area contributed by atoms with E-state index in [1.807, 2.05) is 95.6 Å². The van der Waals surface area contributed by atoms with Crippen molar-refractivity contribution in [2.75, 3.05) is 18.2 Å². The van der Waals surface area contributed by atoms with E-state index in [-0.39, 0.29) is 11.7 Å². The first kappa shape index (κ1) is 23.3. The SMILES string of the molecule is COc1ccc(-n2c(SCC(=O)Nc3ccccc3-c3ccccc3)nnc2-c2ccncc2)cc1. The van der Waals surface area contributed by atoms with Crippen molar-refractivity contribution < 1.29 is 9.53 Å². The Morgan fingerprint density at radius 1 is 0.861 bits per heavy atom. The first-order valence-electron chi connectivity index (χ1n) is 11.3. The molecular weight excluding hydrogens is 470 g/mol. The first-order valence-corrected chi connectivity index (χ1v) is 12.3. The van der Waals surface area contributed by atoms with Crippen LogP contribution in [0.4, 0.5) is 5.69 Å². The van der Waals surface area contributed by atoms with Crippen LogP contribution in [0.25, 0.3) is 28.2 Å². The molecule has 2 heterocycles. The number of thioether (sulfide) groups is 1. The lowest BCUT2D eigenvalue weighted by Gasteiger charge is -2.12. The fourth-order valence-corrected chi connectivity index (χ4v) is 4.55. The van der Waals surface area contributed by atoms with Crippen LogP contribution >= 0.6 is 11.8 Å². The normalized spacial score (nSPS) is 10.7. The molecule has 2 aromatic heterocycles. The van der Waals surface area contributed by atoms with E-state index in [1.54, 1.807) is 19.5 Å². The highest BCUT2D eigenvalue weighted by Crippen LogP contribution is 2.30. The molecule has 5 aromatic rings. The summed E-state index contributed by atoms with van der Waals surface area (Å²) in [7, 11) is 1.63. The van der Waals surface area contributed by atoms with E-state index in [0.29, 0.717) is 11.0 Å². The molecule has 0 spiro atoms. The van der Waals surface area contributed by atoms with Gasteiger partial charge in [-0.25, -0.2) is 0 Å². The summed E-state index contributed by atoms with van der Waals surface area (Å²) in [6.07, 6.45) is 3.43. The van der Waals surface area contributed by atoms with Gasteiger partial charge in [0.1, 0.15) is 5.75 Å². The molecule has 3 aromatic carbocycles. The maximum atomic E-state index is 13.0. The van der Waals surface area contributed by atoms with Crippen LogP contribution in [-0.4, -0.2) is 38.5 Å². The molecule has 7 nitrogen and oxygen atoms in total. The van der Waals surface area contributed by atoms with Crippen LogP contribution in [0.3, 0.4) is 0 Å². The predicted octanol–water partition coefficient (Wildman–Crippen LogP) is 5.74. The van der Waals surface area contributed by atoms with Gasteiger partial charge < -0.3 is 10.1 Å². The minimum atomic E-state index is -0.127. The van der Waals surface area contributed by atoms with E-state index in [9.17, 15) is 4.79 Å². The third-order valence-electron chi connectivity index (χ3n) is 5.52. The number of pyridine rings is 1. The van der Waals surface area contributed by atoms with Crippen molar-refractivity contribution in [1.29, 1.82) is 0 Å². The van der Waals surface area contributed by atoms with E-state index >= 15 is 0 Å². The van der Waals surface area contributed by atoms with Crippen molar-refractivity contribution in [1.82, 2.24) is 19.7 Å². The summed E-state index contributed by atoms with van der Waals surface area (Å²) in [5, 5.41) is 12.5. The van der Waals surface area contributed by atoms with Crippen LogP contribution in [0, 0.1) is 0 Å². The molecule has 0 aliphatic carbocycles. The van der Waals surface area contributed by atoms with Crippen LogP contribution in [0.1, 0.15) is 0 Å². The number of benzene rings is 3. The van der Waals surface area contributed by atoms with Gasteiger partial charge in [0.05, 0.1) is 12.9 Å². The average molecular weight is 494 g/mol. The van der Waals surface area contributed by atoms with Crippen LogP contribution in [0.15, 0.2) is 109 Å². The van der Waals surface area contributed by atoms with Crippen LogP contribution in [0.2, 0.25) is 0 Å². The molecule has 1 amide bonds. The third kappa shape index (κ3) is 5.13. The molecule has 0 atom stereocenters. The second-order valence-corrected chi connectivity index (χ2v) is 8.77. The summed E-state index contributed by atoms with van der Waals surface area (Å²) >= 11 is 1.33. The molecule has 1 N–H and O–H groups in total. The molecule has 178 valence electrons. The highest BCUT2D eigenvalue weighted by atomic mass is 32.2. The molecule has 36 heavy (non-hydrogen) atoms. The van der Waals surface area contributed by atoms with Crippen LogP contribution < -0.4 is 10.1 Å². The summed E-state index contributed by atoms with van der Waals surface area (Å²) in [4.78, 5) is 17.1. The minimum Gasteiger partial charge on any atom is -0.497 e. The van der Waals surface area contributed by atoms with Gasteiger partial charge in [0.15, 0.2) is 11.0 Å². The number of methoxy groups -OCH3 is 1. The monoisotopic (exact) mass is 493 g/mol. The summed E-state index contributed by atoms with van der Waals surface area (Å²) in [5.41, 5.74) is 4.52. The summed E-state index contributed by atoms with van der Waals surface area (Å²) in [5.74, 6) is 1.47. The number of nitrogens with zero attached hydrogens (tertiary/aromatic N) is 4. The van der Waals surface area contributed by atoms with E-state index in [4.69, 9.17) is 4.74 Å². The second kappa shape index (κ2) is 10.9. The molecule has 5 rings (SSSR count). The summed E-state index contributed by atoms with van der Waals surface area (Å²) < 4.78 is 7.24. The van der Waals surface area contributed by atoms with E-state index < -0.39 is 0 Å². The predicted molar refractivity (Wildman–Crippen MR) is 142 cm³/mol. The van der Waals surface area contributed by atoms with E-state index in [2.05, 4.69) is 20.5 Å². The number of amides is 1. The lowest BCUT2D eigenvalue weighted by molar-refractivity contribution is -0.113. The van der Waals surface area contributed by atoms with Gasteiger partial charge in [0.2, 0.25) is 5.91 Å². The fraction of sp³-hybridized carbons (Fsp3) is 0.0714. The maximum Gasteiger partial charge on any atom is 0.234 e. The Morgan fingerprint density at radius 2 is 1.58 bits per heavy atom. The van der Waals surface area contributed by atoms with Gasteiger partial charge in [-0.3, -0.25) is 14.3 Å². The van der Waals surface area contributed by atoms with Gasteiger partial charge in [-0.05, 0) is 48.0 Å². The topological polar surface area (TPSA) is 81.9 Å². The molecule has 0 fully saturated rings. The van der Waals surface area contributed by atoms with Gasteiger partial charge in [-0.15, -0.1) is 10.2 Å². The number of carbonyl (C=O) groups excluding carboxylic acids is 1. The highest BCUT2D eigenvalue weighted by Gasteiger charge is 2.18. The zero-order valence-electron chi connectivity index (χ0n) is 19.5. The number of ether oxygens (including phenoxy) is 1. The Balaban J connectivity index is 1.39. The second-order valence-electron chi connectivity index (χ2n) is 7.82. The Hall–Kier alpha value is -4.43. The van der Waals surface area contributed by atoms with Crippen LogP contribution in [-0.2, 0) is 4.79 Å². The van der Waals surface area contributed by atoms with E-state index in [0.717, 1.165) is 33.8 Å². The van der Waals surface area contributed by atoms with E-state index in [1.165, 1.54) is 11.8 Å². The molecule has 0 bridgehead atoms. The molecule has 0 saturated heterocycles. The average Bonchev–Trinajstić information content (AvgIpc) is 3.37. The molecule has 0 radical (unpaired) electrons. The first-order chi connectivity index (χ1) is 17.7. The number of carbonyl (C=O) groups is 1. The van der Waals surface area contributed by atoms with Crippen molar-refractivity contribution in [3.05, 3.63) is 103 Å². The number of rotatable bonds is 8. The summed E-state index contributed by atoms with van der Waals surface area (Å²) in [6.45, 7) is 0. The number of para-hydroxylation sites is 1. The smallest absolute Gasteiger partial charge is 0.234 e. The van der Waals surface area contributed by atoms with Crippen molar-refractivity contribution in [3.8, 4) is 34.0 Å². The Bertz CT molecular complexity index is 1450. The lowest BCUT2D eigenvalue weighted by Crippen LogP contribution is -2.15. The van der Waals surface area contributed by atoms with Crippen LogP contribution in [0.5, 0.6) is 5.75 Å². The fourth-order valence-electron chi connectivity index (χ4n) is 3.79. The Morgan fingerprint density at radius 3 is 2.33 bits per heavy atom. The highest BCUT2D eigenvalue weighted by molar-refractivity contribution is 7.99. The molecule has 8 heteroatoms. The Labute approximate surface area is 213 Å². The third-order valence-corrected chi connectivity index (χ3v) is 6.45. The van der Waals surface area contributed by atoms with Crippen molar-refractivity contribution in [2.45, 2.75) is 5.16 Å². The van der Waals surface area contributed by atoms with Crippen molar-refractivity contribution in [3.63, 3.8) is 0 Å². The van der Waals surface area contributed by atoms with Crippen molar-refractivity contribution >= 4 is 23.4 Å². The quantitative estimate of drug-likeness (QED) is 0.278. The molecule has 0 aliphatic heterocycles. The molecular formula is C28H23N5O2S. The zero-order valence-corrected chi connectivity index (χ0v) is 20.4. The number of aromatic nitrogens is 4. The van der Waals surface area contributed by atoms with Gasteiger partial charge in [-0.1, -0.05) is 60.3 Å². The number of hydrogen-bond acceptors (Lipinski definition) is 6. The number of anilines is 1. The standard InChI is InChI=1S/C28H23N5O2S/c1-35-23-13-11-22(12-14-23)33-27(21-15-17-29-18-16-21)31-32-28(33)36-19-26(34)30-25-10-6-5-9-24(25)20-7-3-2-4-8-20/h2-18H,19H2,1H3,(H,30,34). The maximum absolute atomic E-state index is 13.0. The summed E-state index contributed by atoms with van der Waals surface area (Å²) in [6, 6.07) is 29.2. The van der Waals surface area contributed by atoms with Gasteiger partial charge in [-0.2, -0.15) is 0 Å². The number of nitrogens with one attached hydrogen (secondary N) is 1. The van der Waals surface area contributed by atoms with Gasteiger partial charge in [0, 0.05) is 34.9 Å². The zero-order chi connectivity index (χ0) is 24.7. The molecule has 0 aliphatic rings. The largest absolute Gasteiger partial charge is 0.497 e.